The maximum atomic E-state index is 13.0. The van der Waals surface area contributed by atoms with Gasteiger partial charge >= 0.3 is 5.69 Å². The highest BCUT2D eigenvalue weighted by atomic mass is 32.1. The summed E-state index contributed by atoms with van der Waals surface area (Å²) in [5.74, 6) is -0.321. The van der Waals surface area contributed by atoms with Gasteiger partial charge in [0.25, 0.3) is 11.5 Å². The van der Waals surface area contributed by atoms with Crippen molar-refractivity contribution in [2.45, 2.75) is 31.8 Å². The fraction of sp³-hybridized carbons (Fsp3) is 0.318. The zero-order chi connectivity index (χ0) is 23.1. The summed E-state index contributed by atoms with van der Waals surface area (Å²) in [5, 5.41) is 7.04. The number of aromatic amines is 1. The number of hydrogen-bond donors (Lipinski definition) is 1. The molecule has 0 spiro atoms. The second-order valence-corrected chi connectivity index (χ2v) is 8.84. The Balaban J connectivity index is 1.64. The highest BCUT2D eigenvalue weighted by Gasteiger charge is 2.29. The lowest BCUT2D eigenvalue weighted by Gasteiger charge is -2.33. The minimum Gasteiger partial charge on any atom is -0.341 e. The molecular weight excluding hydrogens is 444 g/mol. The normalized spacial score (nSPS) is 15.7. The number of likely N-dealkylation sites (tertiary alicyclic amines) is 1. The lowest BCUT2D eigenvalue weighted by molar-refractivity contribution is -0.133. The number of carbonyl (C=O) groups excluding carboxylic acids is 1. The van der Waals surface area contributed by atoms with E-state index in [2.05, 4.69) is 15.1 Å². The molecule has 1 atom stereocenters. The second kappa shape index (κ2) is 8.32. The number of nitrogens with zero attached hydrogens (tertiary/aromatic N) is 5. The first-order valence-electron chi connectivity index (χ1n) is 10.6. The summed E-state index contributed by atoms with van der Waals surface area (Å²) in [7, 11) is 0. The number of pyridine rings is 2. The Hall–Kier alpha value is -3.73. The lowest BCUT2D eigenvalue weighted by Crippen LogP contribution is -2.44. The topological polar surface area (TPSA) is 130 Å². The molecule has 0 aromatic carbocycles. The van der Waals surface area contributed by atoms with Crippen LogP contribution in [0.3, 0.4) is 0 Å². The molecule has 0 radical (unpaired) electrons. The molecule has 5 rings (SSSR count). The quantitative estimate of drug-likeness (QED) is 0.365. The van der Waals surface area contributed by atoms with Crippen LogP contribution >= 0.6 is 11.3 Å². The second-order valence-electron chi connectivity index (χ2n) is 8.06. The van der Waals surface area contributed by atoms with Crippen molar-refractivity contribution in [3.63, 3.8) is 0 Å². The molecule has 33 heavy (non-hydrogen) atoms. The molecule has 0 saturated carbocycles. The van der Waals surface area contributed by atoms with Crippen LogP contribution in [0.15, 0.2) is 49.9 Å². The molecule has 168 valence electrons. The third-order valence-electron chi connectivity index (χ3n) is 6.08. The molecule has 4 aromatic rings. The Morgan fingerprint density at radius 2 is 2.03 bits per heavy atom. The molecule has 1 amide bonds. The number of piperidine rings is 1. The Labute approximate surface area is 190 Å². The van der Waals surface area contributed by atoms with Crippen molar-refractivity contribution in [3.05, 3.63) is 60.9 Å². The molecule has 4 aromatic heterocycles. The zero-order valence-electron chi connectivity index (χ0n) is 17.7. The van der Waals surface area contributed by atoms with Gasteiger partial charge in [-0.25, -0.2) is 9.78 Å². The molecule has 1 N–H and O–H groups in total. The van der Waals surface area contributed by atoms with E-state index in [9.17, 15) is 19.3 Å². The van der Waals surface area contributed by atoms with Crippen molar-refractivity contribution in [2.75, 3.05) is 13.1 Å². The molecule has 0 unspecified atom stereocenters. The number of fused-ring (bicyclic) bond motifs is 3. The number of H-pyrrole nitrogens is 1. The number of thiophene rings is 1. The third-order valence-corrected chi connectivity index (χ3v) is 6.77. The number of hydrogen-bond acceptors (Lipinski definition) is 8. The van der Waals surface area contributed by atoms with Gasteiger partial charge < -0.3 is 4.90 Å². The van der Waals surface area contributed by atoms with E-state index in [0.29, 0.717) is 42.5 Å². The van der Waals surface area contributed by atoms with Gasteiger partial charge in [0.1, 0.15) is 5.52 Å². The van der Waals surface area contributed by atoms with Crippen molar-refractivity contribution >= 4 is 39.2 Å². The van der Waals surface area contributed by atoms with Gasteiger partial charge in [-0.05, 0) is 43.3 Å². The summed E-state index contributed by atoms with van der Waals surface area (Å²) in [6.07, 6.45) is 2.45. The monoisotopic (exact) mass is 464 g/mol. The van der Waals surface area contributed by atoms with Crippen LogP contribution in [-0.4, -0.2) is 49.5 Å². The predicted molar refractivity (Wildman–Crippen MR) is 125 cm³/mol. The first-order valence-corrected chi connectivity index (χ1v) is 11.5. The summed E-state index contributed by atoms with van der Waals surface area (Å²) in [6.45, 7) is 2.23. The molecule has 1 aliphatic heterocycles. The van der Waals surface area contributed by atoms with E-state index >= 15 is 0 Å². The summed E-state index contributed by atoms with van der Waals surface area (Å²) < 4.78 is 1.58. The molecule has 1 saturated heterocycles. The predicted octanol–water partition coefficient (Wildman–Crippen LogP) is 2.68. The van der Waals surface area contributed by atoms with Gasteiger partial charge in [0.05, 0.1) is 22.1 Å². The molecule has 10 nitrogen and oxygen atoms in total. The number of nitroso groups, excluding NO2 is 1. The summed E-state index contributed by atoms with van der Waals surface area (Å²) in [6, 6.07) is 4.47. The number of carbonyl (C=O) groups is 1. The molecule has 1 aliphatic rings. The highest BCUT2D eigenvalue weighted by Crippen LogP contribution is 2.29. The van der Waals surface area contributed by atoms with E-state index in [-0.39, 0.29) is 17.3 Å². The van der Waals surface area contributed by atoms with E-state index in [4.69, 9.17) is 4.98 Å². The van der Waals surface area contributed by atoms with Crippen molar-refractivity contribution in [3.8, 4) is 11.3 Å². The first kappa shape index (κ1) is 21.1. The summed E-state index contributed by atoms with van der Waals surface area (Å²) in [4.78, 5) is 61.8. The highest BCUT2D eigenvalue weighted by molar-refractivity contribution is 7.08. The van der Waals surface area contributed by atoms with Crippen LogP contribution < -0.4 is 11.2 Å². The molecule has 0 aliphatic carbocycles. The van der Waals surface area contributed by atoms with Crippen LogP contribution in [0.5, 0.6) is 0 Å². The van der Waals surface area contributed by atoms with Crippen molar-refractivity contribution in [2.24, 2.45) is 5.18 Å². The molecule has 0 bridgehead atoms. The van der Waals surface area contributed by atoms with Crippen molar-refractivity contribution in [1.29, 1.82) is 0 Å². The van der Waals surface area contributed by atoms with Gasteiger partial charge in [-0.15, -0.1) is 4.91 Å². The minimum absolute atomic E-state index is 0.252. The molecule has 11 heteroatoms. The van der Waals surface area contributed by atoms with Crippen LogP contribution in [0.25, 0.3) is 33.2 Å². The van der Waals surface area contributed by atoms with Gasteiger partial charge in [-0.3, -0.25) is 24.1 Å². The largest absolute Gasteiger partial charge is 0.341 e. The van der Waals surface area contributed by atoms with Crippen molar-refractivity contribution < 1.29 is 4.79 Å². The SMILES string of the molecule is C[C@H](N=O)C(=O)N1CCC(n2c(=O)[nH]c(=O)c3cnc4ccc(-c5ccsc5)nc4c32)CC1. The average molecular weight is 465 g/mol. The maximum Gasteiger partial charge on any atom is 0.329 e. The Morgan fingerprint density at radius 1 is 1.24 bits per heavy atom. The van der Waals surface area contributed by atoms with Crippen LogP contribution in [0.2, 0.25) is 0 Å². The van der Waals surface area contributed by atoms with E-state index in [1.807, 2.05) is 29.0 Å². The Morgan fingerprint density at radius 3 is 2.73 bits per heavy atom. The van der Waals surface area contributed by atoms with E-state index in [1.54, 1.807) is 20.8 Å². The van der Waals surface area contributed by atoms with Crippen LogP contribution in [0, 0.1) is 4.91 Å². The van der Waals surface area contributed by atoms with Gasteiger partial charge in [0.2, 0.25) is 0 Å². The van der Waals surface area contributed by atoms with Gasteiger partial charge in [-0.2, -0.15) is 11.3 Å². The van der Waals surface area contributed by atoms with Crippen molar-refractivity contribution in [1.82, 2.24) is 24.4 Å². The van der Waals surface area contributed by atoms with Crippen LogP contribution in [-0.2, 0) is 4.79 Å². The standard InChI is InChI=1S/C22H20N6O4S/c1-12(26-32)21(30)27-7-4-14(5-8-27)28-19-15(20(29)25-22(28)31)10-23-17-3-2-16(24-18(17)19)13-6-9-33-11-13/h2-3,6,9-12,14H,4-5,7-8H2,1H3,(H,25,29,31)/t12-/m0/s1. The fourth-order valence-electron chi connectivity index (χ4n) is 4.36. The number of aromatic nitrogens is 4. The Bertz CT molecular complexity index is 1480. The maximum absolute atomic E-state index is 13.0. The number of nitrogens with one attached hydrogen (secondary N) is 1. The summed E-state index contributed by atoms with van der Waals surface area (Å²) in [5.41, 5.74) is 2.15. The molecule has 5 heterocycles. The fourth-order valence-corrected chi connectivity index (χ4v) is 5.01. The van der Waals surface area contributed by atoms with E-state index < -0.39 is 17.3 Å². The third kappa shape index (κ3) is 3.63. The van der Waals surface area contributed by atoms with E-state index in [1.165, 1.54) is 13.1 Å². The zero-order valence-corrected chi connectivity index (χ0v) is 18.5. The van der Waals surface area contributed by atoms with E-state index in [0.717, 1.165) is 11.3 Å². The average Bonchev–Trinajstić information content (AvgIpc) is 3.38. The smallest absolute Gasteiger partial charge is 0.329 e. The van der Waals surface area contributed by atoms with Crippen LogP contribution in [0.4, 0.5) is 0 Å². The number of rotatable bonds is 4. The van der Waals surface area contributed by atoms with Crippen LogP contribution in [0.1, 0.15) is 25.8 Å². The summed E-state index contributed by atoms with van der Waals surface area (Å²) >= 11 is 1.56. The first-order chi connectivity index (χ1) is 16.0. The van der Waals surface area contributed by atoms with Gasteiger partial charge in [-0.1, -0.05) is 5.18 Å². The molecular formula is C22H20N6O4S. The molecule has 1 fully saturated rings. The van der Waals surface area contributed by atoms with Gasteiger partial charge in [0.15, 0.2) is 6.04 Å². The number of amides is 1. The van der Waals surface area contributed by atoms with Gasteiger partial charge in [0, 0.05) is 36.3 Å². The lowest BCUT2D eigenvalue weighted by atomic mass is 10.0. The minimum atomic E-state index is -0.937. The Kier molecular flexibility index (Phi) is 5.33.